The van der Waals surface area contributed by atoms with Crippen LogP contribution in [-0.2, 0) is 23.7 Å². The Morgan fingerprint density at radius 1 is 1.10 bits per heavy atom. The minimum absolute atomic E-state index is 0.0795. The average Bonchev–Trinajstić information content (AvgIpc) is 3.09. The highest BCUT2D eigenvalue weighted by molar-refractivity contribution is 6.70. The molecule has 5 aliphatic rings. The minimum atomic E-state index is -2.48. The molecule has 2 saturated heterocycles. The molecule has 154 valence electrons. The van der Waals surface area contributed by atoms with Crippen LogP contribution in [0, 0.1) is 23.2 Å². The summed E-state index contributed by atoms with van der Waals surface area (Å²) in [6, 6.07) is 9.33. The third-order valence-corrected chi connectivity index (χ3v) is 8.92. The van der Waals surface area contributed by atoms with E-state index in [1.807, 2.05) is 30.3 Å². The molecule has 6 nitrogen and oxygen atoms in total. The summed E-state index contributed by atoms with van der Waals surface area (Å²) in [5.74, 6) is -0.0922. The second-order valence-corrected chi connectivity index (χ2v) is 10.2. The number of hydrogen-bond donors (Lipinski definition) is 0. The van der Waals surface area contributed by atoms with Crippen molar-refractivity contribution in [3.8, 4) is 0 Å². The molecule has 2 heterocycles. The number of rotatable bonds is 4. The zero-order valence-corrected chi connectivity index (χ0v) is 17.2. The van der Waals surface area contributed by atoms with Crippen molar-refractivity contribution in [2.45, 2.75) is 45.5 Å². The molecule has 5 fully saturated rings. The SMILES string of the molecule is C[C@@H]1[C@H]2C[C@@H](C[C@H]1[N+]13CC(=O)O[B-]1([C@@H](C=O)c1ccccc1)OC(=O)C3)C2(C)C. The Labute approximate surface area is 171 Å². The number of fused-ring (bicyclic) bond motifs is 4. The van der Waals surface area contributed by atoms with Crippen molar-refractivity contribution < 1.29 is 28.1 Å². The summed E-state index contributed by atoms with van der Waals surface area (Å²) in [5, 5.41) is 0. The standard InChI is InChI=1S/C22H28BNO5/c1-14-17-9-16(22(17,2)3)10-19(14)24-11-20(26)28-23(24,29-21(27)12-24)18(13-25)15-7-5-4-6-8-15/h4-8,13-14,16-19H,9-12H2,1-3H3/t14-,16+,17-,18+,19-,23?,24?/m1/s1. The van der Waals surface area contributed by atoms with E-state index in [-0.39, 0.29) is 40.9 Å². The van der Waals surface area contributed by atoms with Gasteiger partial charge in [0.15, 0.2) is 0 Å². The first-order valence-corrected chi connectivity index (χ1v) is 10.7. The molecule has 0 amide bonds. The highest BCUT2D eigenvalue weighted by Gasteiger charge is 2.75. The Morgan fingerprint density at radius 2 is 1.72 bits per heavy atom. The predicted molar refractivity (Wildman–Crippen MR) is 106 cm³/mol. The maximum absolute atomic E-state index is 12.7. The van der Waals surface area contributed by atoms with Crippen molar-refractivity contribution in [3.63, 3.8) is 0 Å². The molecule has 0 radical (unpaired) electrons. The van der Waals surface area contributed by atoms with Gasteiger partial charge in [-0.1, -0.05) is 56.7 Å². The summed E-state index contributed by atoms with van der Waals surface area (Å²) in [6.45, 7) is 4.63. The van der Waals surface area contributed by atoms with Crippen molar-refractivity contribution in [1.29, 1.82) is 0 Å². The summed E-state index contributed by atoms with van der Waals surface area (Å²) in [7, 11) is 0. The second-order valence-electron chi connectivity index (χ2n) is 10.2. The highest BCUT2D eigenvalue weighted by atomic mass is 16.7. The van der Waals surface area contributed by atoms with Crippen LogP contribution in [0.4, 0.5) is 0 Å². The minimum Gasteiger partial charge on any atom is -0.599 e. The Hall–Kier alpha value is -2.15. The third-order valence-electron chi connectivity index (χ3n) is 8.92. The topological polar surface area (TPSA) is 69.7 Å². The van der Waals surface area contributed by atoms with E-state index in [1.165, 1.54) is 6.42 Å². The quantitative estimate of drug-likeness (QED) is 0.577. The van der Waals surface area contributed by atoms with E-state index in [2.05, 4.69) is 20.8 Å². The van der Waals surface area contributed by atoms with Gasteiger partial charge in [0.05, 0.1) is 11.9 Å². The molecule has 0 spiro atoms. The van der Waals surface area contributed by atoms with Crippen LogP contribution >= 0.6 is 0 Å². The van der Waals surface area contributed by atoms with Gasteiger partial charge in [0, 0.05) is 5.92 Å². The number of carbonyl (C=O) groups is 3. The van der Waals surface area contributed by atoms with E-state index in [9.17, 15) is 14.4 Å². The van der Waals surface area contributed by atoms with Crippen LogP contribution in [0.1, 0.15) is 45.0 Å². The van der Waals surface area contributed by atoms with Gasteiger partial charge in [0.25, 0.3) is 0 Å². The molecule has 3 aliphatic carbocycles. The summed E-state index contributed by atoms with van der Waals surface area (Å²) in [6.07, 6.45) is 2.93. The largest absolute Gasteiger partial charge is 0.599 e. The molecule has 3 saturated carbocycles. The lowest BCUT2D eigenvalue weighted by Gasteiger charge is -2.66. The molecule has 7 heteroatoms. The van der Waals surface area contributed by atoms with Crippen LogP contribution in [-0.4, -0.2) is 48.4 Å². The number of quaternary nitrogens is 1. The first-order valence-electron chi connectivity index (χ1n) is 10.7. The zero-order chi connectivity index (χ0) is 20.6. The first-order chi connectivity index (χ1) is 13.7. The van der Waals surface area contributed by atoms with Gasteiger partial charge in [-0.25, -0.2) is 0 Å². The monoisotopic (exact) mass is 397 g/mol. The van der Waals surface area contributed by atoms with Gasteiger partial charge in [0.1, 0.15) is 19.4 Å². The average molecular weight is 397 g/mol. The molecule has 2 bridgehead atoms. The number of carbonyl (C=O) groups excluding carboxylic acids is 3. The predicted octanol–water partition coefficient (Wildman–Crippen LogP) is 2.45. The van der Waals surface area contributed by atoms with Crippen molar-refractivity contribution in [1.82, 2.24) is 0 Å². The molecule has 6 rings (SSSR count). The van der Waals surface area contributed by atoms with Crippen molar-refractivity contribution in [3.05, 3.63) is 35.9 Å². The molecule has 0 unspecified atom stereocenters. The van der Waals surface area contributed by atoms with E-state index in [0.29, 0.717) is 17.8 Å². The summed E-state index contributed by atoms with van der Waals surface area (Å²) in [5.41, 5.74) is 1.01. The van der Waals surface area contributed by atoms with Crippen molar-refractivity contribution in [2.24, 2.45) is 23.2 Å². The first kappa shape index (κ1) is 18.9. The van der Waals surface area contributed by atoms with Gasteiger partial charge < -0.3 is 18.5 Å². The van der Waals surface area contributed by atoms with Crippen LogP contribution in [0.3, 0.4) is 0 Å². The molecular weight excluding hydrogens is 369 g/mol. The van der Waals surface area contributed by atoms with Crippen molar-refractivity contribution in [2.75, 3.05) is 13.1 Å². The van der Waals surface area contributed by atoms with E-state index in [0.717, 1.165) is 18.3 Å². The molecular formula is C22H28BNO5. The van der Waals surface area contributed by atoms with E-state index in [4.69, 9.17) is 9.31 Å². The summed E-state index contributed by atoms with van der Waals surface area (Å²) >= 11 is 0. The molecule has 1 aromatic rings. The molecule has 0 aromatic heterocycles. The smallest absolute Gasteiger partial charge is 0.598 e. The number of benzene rings is 1. The fraction of sp³-hybridized carbons (Fsp3) is 0.591. The molecule has 1 aromatic carbocycles. The Morgan fingerprint density at radius 3 is 2.24 bits per heavy atom. The van der Waals surface area contributed by atoms with Gasteiger partial charge in [-0.2, -0.15) is 0 Å². The van der Waals surface area contributed by atoms with Gasteiger partial charge in [0.2, 0.25) is 0 Å². The van der Waals surface area contributed by atoms with Gasteiger partial charge >= 0.3 is 18.6 Å². The molecule has 29 heavy (non-hydrogen) atoms. The third kappa shape index (κ3) is 2.25. The molecule has 0 N–H and O–H groups in total. The number of hydrogen-bond acceptors (Lipinski definition) is 5. The molecule has 2 aliphatic heterocycles. The highest BCUT2D eigenvalue weighted by Crippen LogP contribution is 2.64. The zero-order valence-electron chi connectivity index (χ0n) is 17.2. The lowest BCUT2D eigenvalue weighted by atomic mass is 9.42. The van der Waals surface area contributed by atoms with E-state index >= 15 is 0 Å². The maximum Gasteiger partial charge on any atom is 0.598 e. The number of aldehydes is 1. The van der Waals surface area contributed by atoms with Gasteiger partial charge in [-0.05, 0) is 30.1 Å². The lowest BCUT2D eigenvalue weighted by Crippen LogP contribution is -2.75. The van der Waals surface area contributed by atoms with E-state index in [1.54, 1.807) is 0 Å². The summed E-state index contributed by atoms with van der Waals surface area (Å²) < 4.78 is 11.9. The number of nitrogens with zero attached hydrogens (tertiary/aromatic N) is 1. The van der Waals surface area contributed by atoms with Gasteiger partial charge in [-0.3, -0.25) is 9.59 Å². The Bertz CT molecular complexity index is 864. The Kier molecular flexibility index (Phi) is 3.86. The van der Waals surface area contributed by atoms with Crippen LogP contribution in [0.15, 0.2) is 30.3 Å². The summed E-state index contributed by atoms with van der Waals surface area (Å²) in [4.78, 5) is 37.7. The maximum atomic E-state index is 12.7. The van der Waals surface area contributed by atoms with Gasteiger partial charge in [-0.15, -0.1) is 0 Å². The van der Waals surface area contributed by atoms with Crippen LogP contribution in [0.2, 0.25) is 0 Å². The second kappa shape index (κ2) is 5.94. The van der Waals surface area contributed by atoms with Crippen molar-refractivity contribution >= 4 is 24.9 Å². The normalized spacial score (nSPS) is 43.0. The van der Waals surface area contributed by atoms with E-state index < -0.39 is 12.5 Å². The lowest BCUT2D eigenvalue weighted by molar-refractivity contribution is -0.852. The van der Waals surface area contributed by atoms with Crippen LogP contribution in [0.25, 0.3) is 0 Å². The molecule has 5 atom stereocenters. The Balaban J connectivity index is 1.63. The fourth-order valence-corrected chi connectivity index (χ4v) is 7.34. The van der Waals surface area contributed by atoms with Crippen LogP contribution < -0.4 is 0 Å². The fourth-order valence-electron chi connectivity index (χ4n) is 7.34. The van der Waals surface area contributed by atoms with Crippen LogP contribution in [0.5, 0.6) is 0 Å².